The molecule has 1 heterocycles. The zero-order valence-corrected chi connectivity index (χ0v) is 16.0. The van der Waals surface area contributed by atoms with Gasteiger partial charge in [-0.15, -0.1) is 11.3 Å². The van der Waals surface area contributed by atoms with Gasteiger partial charge in [-0.25, -0.2) is 0 Å². The van der Waals surface area contributed by atoms with Crippen LogP contribution in [0, 0.1) is 10.1 Å². The highest BCUT2D eigenvalue weighted by Gasteiger charge is 2.11. The van der Waals surface area contributed by atoms with E-state index in [1.165, 1.54) is 35.6 Å². The fraction of sp³-hybridized carbons (Fsp3) is 0.0556. The summed E-state index contributed by atoms with van der Waals surface area (Å²) in [5, 5.41) is 16.1. The van der Waals surface area contributed by atoms with Crippen LogP contribution in [-0.4, -0.2) is 10.8 Å². The van der Waals surface area contributed by atoms with E-state index < -0.39 is 4.92 Å². The largest absolute Gasteiger partial charge is 0.489 e. The van der Waals surface area contributed by atoms with Crippen LogP contribution in [0.25, 0.3) is 0 Å². The van der Waals surface area contributed by atoms with Crippen molar-refractivity contribution < 1.29 is 14.5 Å². The molecule has 0 saturated carbocycles. The predicted molar refractivity (Wildman–Crippen MR) is 106 cm³/mol. The minimum atomic E-state index is -0.472. The van der Waals surface area contributed by atoms with Gasteiger partial charge in [0.1, 0.15) is 12.4 Å². The molecular formula is C18H12Cl2N2O4S. The van der Waals surface area contributed by atoms with Crippen LogP contribution in [0.1, 0.15) is 15.2 Å². The van der Waals surface area contributed by atoms with Crippen molar-refractivity contribution in [2.45, 2.75) is 6.61 Å². The van der Waals surface area contributed by atoms with Gasteiger partial charge in [0, 0.05) is 33.4 Å². The lowest BCUT2D eigenvalue weighted by atomic mass is 10.3. The van der Waals surface area contributed by atoms with Crippen LogP contribution in [0.5, 0.6) is 5.75 Å². The second kappa shape index (κ2) is 8.39. The molecule has 0 saturated heterocycles. The van der Waals surface area contributed by atoms with E-state index in [-0.39, 0.29) is 18.2 Å². The van der Waals surface area contributed by atoms with E-state index in [1.54, 1.807) is 24.3 Å². The summed E-state index contributed by atoms with van der Waals surface area (Å²) in [5.41, 5.74) is 1.32. The number of nitrogens with one attached hydrogen (secondary N) is 1. The van der Waals surface area contributed by atoms with Crippen LogP contribution in [0.3, 0.4) is 0 Å². The molecule has 3 aromatic rings. The van der Waals surface area contributed by atoms with E-state index in [2.05, 4.69) is 5.32 Å². The van der Waals surface area contributed by atoms with Gasteiger partial charge in [-0.1, -0.05) is 23.2 Å². The number of nitro groups is 1. The second-order valence-corrected chi connectivity index (χ2v) is 7.26. The van der Waals surface area contributed by atoms with Crippen LogP contribution < -0.4 is 10.1 Å². The molecule has 0 bridgehead atoms. The molecule has 138 valence electrons. The number of nitrogens with zero attached hydrogens (tertiary/aromatic N) is 1. The van der Waals surface area contributed by atoms with E-state index in [1.807, 2.05) is 5.38 Å². The number of rotatable bonds is 6. The third-order valence-corrected chi connectivity index (χ3v) is 4.87. The number of anilines is 1. The Bertz CT molecular complexity index is 969. The molecule has 0 aliphatic heterocycles. The standard InChI is InChI=1S/C18H12Cl2N2O4S/c19-12-6-13(20)8-14(7-12)21-18(23)17-5-11(10-27-17)9-26-16-3-1-15(2-4-16)22(24)25/h1-8,10H,9H2,(H,21,23). The predicted octanol–water partition coefficient (Wildman–Crippen LogP) is 5.79. The first-order valence-electron chi connectivity index (χ1n) is 7.63. The van der Waals surface area contributed by atoms with Crippen LogP contribution in [0.4, 0.5) is 11.4 Å². The molecule has 0 aliphatic carbocycles. The lowest BCUT2D eigenvalue weighted by molar-refractivity contribution is -0.384. The molecule has 1 aromatic heterocycles. The van der Waals surface area contributed by atoms with Crippen molar-refractivity contribution in [3.8, 4) is 5.75 Å². The number of amides is 1. The molecule has 27 heavy (non-hydrogen) atoms. The van der Waals surface area contributed by atoms with Crippen molar-refractivity contribution in [2.24, 2.45) is 0 Å². The van der Waals surface area contributed by atoms with E-state index >= 15 is 0 Å². The summed E-state index contributed by atoms with van der Waals surface area (Å²) >= 11 is 13.1. The Morgan fingerprint density at radius 2 is 1.78 bits per heavy atom. The van der Waals surface area contributed by atoms with Crippen molar-refractivity contribution in [3.05, 3.63) is 84.5 Å². The van der Waals surface area contributed by atoms with Gasteiger partial charge < -0.3 is 10.1 Å². The number of hydrogen-bond donors (Lipinski definition) is 1. The first-order chi connectivity index (χ1) is 12.9. The number of carbonyl (C=O) groups is 1. The van der Waals surface area contributed by atoms with Gasteiger partial charge in [0.05, 0.1) is 9.80 Å². The zero-order valence-electron chi connectivity index (χ0n) is 13.6. The Labute approximate surface area is 168 Å². The van der Waals surface area contributed by atoms with Gasteiger partial charge in [-0.05, 0) is 41.8 Å². The topological polar surface area (TPSA) is 81.5 Å². The molecule has 1 amide bonds. The third-order valence-electron chi connectivity index (χ3n) is 3.45. The fourth-order valence-electron chi connectivity index (χ4n) is 2.22. The van der Waals surface area contributed by atoms with Crippen LogP contribution in [0.15, 0.2) is 53.9 Å². The maximum absolute atomic E-state index is 12.3. The summed E-state index contributed by atoms with van der Waals surface area (Å²) < 4.78 is 5.59. The molecular weight excluding hydrogens is 411 g/mol. The number of thiophene rings is 1. The number of halogens is 2. The number of hydrogen-bond acceptors (Lipinski definition) is 5. The van der Waals surface area contributed by atoms with Crippen molar-refractivity contribution in [1.29, 1.82) is 0 Å². The molecule has 6 nitrogen and oxygen atoms in total. The minimum Gasteiger partial charge on any atom is -0.489 e. The summed E-state index contributed by atoms with van der Waals surface area (Å²) in [7, 11) is 0. The van der Waals surface area contributed by atoms with Crippen molar-refractivity contribution in [1.82, 2.24) is 0 Å². The Morgan fingerprint density at radius 3 is 2.41 bits per heavy atom. The average Bonchev–Trinajstić information content (AvgIpc) is 3.08. The van der Waals surface area contributed by atoms with Crippen molar-refractivity contribution in [3.63, 3.8) is 0 Å². The Kier molecular flexibility index (Phi) is 5.95. The molecule has 3 rings (SSSR count). The fourth-order valence-corrected chi connectivity index (χ4v) is 3.54. The molecule has 9 heteroatoms. The normalized spacial score (nSPS) is 10.4. The zero-order chi connectivity index (χ0) is 19.4. The maximum atomic E-state index is 12.3. The first-order valence-corrected chi connectivity index (χ1v) is 9.26. The smallest absolute Gasteiger partial charge is 0.269 e. The second-order valence-electron chi connectivity index (χ2n) is 5.47. The Hall–Kier alpha value is -2.61. The Balaban J connectivity index is 1.60. The molecule has 2 aromatic carbocycles. The van der Waals surface area contributed by atoms with Gasteiger partial charge in [-0.3, -0.25) is 14.9 Å². The van der Waals surface area contributed by atoms with E-state index in [4.69, 9.17) is 27.9 Å². The van der Waals surface area contributed by atoms with Gasteiger partial charge in [-0.2, -0.15) is 0 Å². The number of non-ortho nitro benzene ring substituents is 1. The van der Waals surface area contributed by atoms with Crippen LogP contribution >= 0.6 is 34.5 Å². The highest BCUT2D eigenvalue weighted by atomic mass is 35.5. The summed E-state index contributed by atoms with van der Waals surface area (Å²) in [6, 6.07) is 12.3. The van der Waals surface area contributed by atoms with Gasteiger partial charge >= 0.3 is 0 Å². The quantitative estimate of drug-likeness (QED) is 0.402. The number of carbonyl (C=O) groups excluding carboxylic acids is 1. The van der Waals surface area contributed by atoms with Crippen molar-refractivity contribution >= 4 is 51.8 Å². The van der Waals surface area contributed by atoms with Crippen LogP contribution in [-0.2, 0) is 6.61 Å². The van der Waals surface area contributed by atoms with E-state index in [0.29, 0.717) is 26.4 Å². The third kappa shape index (κ3) is 5.19. The SMILES string of the molecule is O=C(Nc1cc(Cl)cc(Cl)c1)c1cc(COc2ccc([N+](=O)[O-])cc2)cs1. The monoisotopic (exact) mass is 422 g/mol. The molecule has 0 spiro atoms. The highest BCUT2D eigenvalue weighted by molar-refractivity contribution is 7.12. The maximum Gasteiger partial charge on any atom is 0.269 e. The molecule has 0 radical (unpaired) electrons. The summed E-state index contributed by atoms with van der Waals surface area (Å²) in [5.74, 6) is 0.228. The highest BCUT2D eigenvalue weighted by Crippen LogP contribution is 2.24. The lowest BCUT2D eigenvalue weighted by Crippen LogP contribution is -2.10. The number of benzene rings is 2. The van der Waals surface area contributed by atoms with Crippen molar-refractivity contribution in [2.75, 3.05) is 5.32 Å². The number of ether oxygens (including phenoxy) is 1. The van der Waals surface area contributed by atoms with Gasteiger partial charge in [0.25, 0.3) is 11.6 Å². The van der Waals surface area contributed by atoms with E-state index in [0.717, 1.165) is 5.56 Å². The molecule has 1 N–H and O–H groups in total. The molecule has 0 fully saturated rings. The number of nitro benzene ring substituents is 1. The summed E-state index contributed by atoms with van der Waals surface area (Å²) in [6.45, 7) is 0.241. The summed E-state index contributed by atoms with van der Waals surface area (Å²) in [4.78, 5) is 23.0. The Morgan fingerprint density at radius 1 is 1.11 bits per heavy atom. The minimum absolute atomic E-state index is 0.00189. The molecule has 0 unspecified atom stereocenters. The van der Waals surface area contributed by atoms with Gasteiger partial charge in [0.15, 0.2) is 0 Å². The molecule has 0 atom stereocenters. The summed E-state index contributed by atoms with van der Waals surface area (Å²) in [6.07, 6.45) is 0. The first kappa shape index (κ1) is 19.2. The van der Waals surface area contributed by atoms with E-state index in [9.17, 15) is 14.9 Å². The van der Waals surface area contributed by atoms with Gasteiger partial charge in [0.2, 0.25) is 0 Å². The lowest BCUT2D eigenvalue weighted by Gasteiger charge is -2.05. The average molecular weight is 423 g/mol. The molecule has 0 aliphatic rings. The van der Waals surface area contributed by atoms with Crippen LogP contribution in [0.2, 0.25) is 10.0 Å².